The Bertz CT molecular complexity index is 616. The van der Waals surface area contributed by atoms with Crippen molar-refractivity contribution in [3.8, 4) is 0 Å². The van der Waals surface area contributed by atoms with Crippen LogP contribution in [0.1, 0.15) is 11.1 Å². The average Bonchev–Trinajstić information content (AvgIpc) is 2.37. The summed E-state index contributed by atoms with van der Waals surface area (Å²) in [4.78, 5) is 0.333. The minimum Gasteiger partial charge on any atom is -0.389 e. The Balaban J connectivity index is 2.17. The van der Waals surface area contributed by atoms with Crippen LogP contribution in [0.15, 0.2) is 46.9 Å². The molecule has 3 N–H and O–H groups in total. The Labute approximate surface area is 131 Å². The van der Waals surface area contributed by atoms with Gasteiger partial charge in [0.15, 0.2) is 0 Å². The van der Waals surface area contributed by atoms with Crippen LogP contribution in [0, 0.1) is 0 Å². The molecule has 0 aliphatic rings. The Kier molecular flexibility index (Phi) is 4.80. The highest BCUT2D eigenvalue weighted by atomic mass is 79.9. The summed E-state index contributed by atoms with van der Waals surface area (Å²) in [6.07, 6.45) is 0. The molecule has 98 valence electrons. The molecule has 0 saturated heterocycles. The molecule has 2 nitrogen and oxygen atoms in total. The molecule has 0 heterocycles. The maximum absolute atomic E-state index is 5.95. The number of nitrogens with one attached hydrogen (secondary N) is 1. The van der Waals surface area contributed by atoms with E-state index in [-0.39, 0.29) is 0 Å². The first-order chi connectivity index (χ1) is 9.06. The third kappa shape index (κ3) is 3.93. The van der Waals surface area contributed by atoms with Gasteiger partial charge in [0.1, 0.15) is 4.99 Å². The van der Waals surface area contributed by atoms with Gasteiger partial charge in [0, 0.05) is 27.3 Å². The van der Waals surface area contributed by atoms with Crippen LogP contribution >= 0.6 is 39.7 Å². The predicted molar refractivity (Wildman–Crippen MR) is 88.8 cm³/mol. The zero-order valence-corrected chi connectivity index (χ0v) is 13.1. The van der Waals surface area contributed by atoms with Gasteiger partial charge in [-0.15, -0.1) is 0 Å². The average molecular weight is 356 g/mol. The number of halogens is 2. The second kappa shape index (κ2) is 6.37. The van der Waals surface area contributed by atoms with Gasteiger partial charge < -0.3 is 11.1 Å². The molecule has 0 amide bonds. The quantitative estimate of drug-likeness (QED) is 0.801. The van der Waals surface area contributed by atoms with Crippen molar-refractivity contribution in [2.75, 3.05) is 5.32 Å². The van der Waals surface area contributed by atoms with Gasteiger partial charge in [-0.25, -0.2) is 0 Å². The van der Waals surface area contributed by atoms with E-state index in [1.807, 2.05) is 30.3 Å². The van der Waals surface area contributed by atoms with Gasteiger partial charge in [0.05, 0.1) is 0 Å². The van der Waals surface area contributed by atoms with E-state index in [1.54, 1.807) is 6.07 Å². The smallest absolute Gasteiger partial charge is 0.106 e. The standard InChI is InChI=1S/C14H12BrClN2S/c15-10-3-1-2-9(6-10)8-18-13-5-4-11(16)7-12(13)14(17)19/h1-7,18H,8H2,(H2,17,19). The molecule has 2 aromatic rings. The fourth-order valence-electron chi connectivity index (χ4n) is 1.72. The van der Waals surface area contributed by atoms with Crippen LogP contribution in [0.5, 0.6) is 0 Å². The molecule has 2 aromatic carbocycles. The van der Waals surface area contributed by atoms with E-state index >= 15 is 0 Å². The summed E-state index contributed by atoms with van der Waals surface area (Å²) in [5.41, 5.74) is 8.51. The van der Waals surface area contributed by atoms with Crippen molar-refractivity contribution in [2.45, 2.75) is 6.54 Å². The Morgan fingerprint density at radius 2 is 2.05 bits per heavy atom. The summed E-state index contributed by atoms with van der Waals surface area (Å²) in [6, 6.07) is 13.6. The van der Waals surface area contributed by atoms with Crippen molar-refractivity contribution in [1.82, 2.24) is 0 Å². The van der Waals surface area contributed by atoms with E-state index in [0.29, 0.717) is 16.6 Å². The van der Waals surface area contributed by atoms with Crippen molar-refractivity contribution in [2.24, 2.45) is 5.73 Å². The molecule has 0 aromatic heterocycles. The molecular weight excluding hydrogens is 344 g/mol. The molecule has 0 fully saturated rings. The van der Waals surface area contributed by atoms with Crippen LogP contribution < -0.4 is 11.1 Å². The highest BCUT2D eigenvalue weighted by molar-refractivity contribution is 9.10. The lowest BCUT2D eigenvalue weighted by atomic mass is 10.1. The van der Waals surface area contributed by atoms with Crippen molar-refractivity contribution >= 4 is 50.4 Å². The van der Waals surface area contributed by atoms with Gasteiger partial charge in [-0.1, -0.05) is 51.9 Å². The SMILES string of the molecule is NC(=S)c1cc(Cl)ccc1NCc1cccc(Br)c1. The number of thiocarbonyl (C=S) groups is 1. The summed E-state index contributed by atoms with van der Waals surface area (Å²) in [6.45, 7) is 0.691. The summed E-state index contributed by atoms with van der Waals surface area (Å²) >= 11 is 14.4. The lowest BCUT2D eigenvalue weighted by Gasteiger charge is -2.12. The summed E-state index contributed by atoms with van der Waals surface area (Å²) in [5, 5.41) is 3.94. The minimum absolute atomic E-state index is 0.333. The van der Waals surface area contributed by atoms with Crippen molar-refractivity contribution < 1.29 is 0 Å². The van der Waals surface area contributed by atoms with Crippen LogP contribution in [0.3, 0.4) is 0 Å². The normalized spacial score (nSPS) is 10.2. The van der Waals surface area contributed by atoms with E-state index in [0.717, 1.165) is 15.7 Å². The molecule has 0 atom stereocenters. The first-order valence-electron chi connectivity index (χ1n) is 5.64. The molecule has 2 rings (SSSR count). The van der Waals surface area contributed by atoms with Crippen LogP contribution in [-0.4, -0.2) is 4.99 Å². The van der Waals surface area contributed by atoms with E-state index < -0.39 is 0 Å². The number of hydrogen-bond acceptors (Lipinski definition) is 2. The first kappa shape index (κ1) is 14.3. The third-order valence-corrected chi connectivity index (χ3v) is 3.57. The Morgan fingerprint density at radius 3 is 2.74 bits per heavy atom. The summed E-state index contributed by atoms with van der Waals surface area (Å²) in [5.74, 6) is 0. The van der Waals surface area contributed by atoms with E-state index in [4.69, 9.17) is 29.6 Å². The van der Waals surface area contributed by atoms with Gasteiger partial charge >= 0.3 is 0 Å². The highest BCUT2D eigenvalue weighted by Gasteiger charge is 2.06. The number of anilines is 1. The fourth-order valence-corrected chi connectivity index (χ4v) is 2.51. The van der Waals surface area contributed by atoms with Crippen molar-refractivity contribution in [3.05, 3.63) is 63.1 Å². The summed E-state index contributed by atoms with van der Waals surface area (Å²) < 4.78 is 1.05. The van der Waals surface area contributed by atoms with Gasteiger partial charge in [-0.2, -0.15) is 0 Å². The zero-order valence-electron chi connectivity index (χ0n) is 9.99. The van der Waals surface area contributed by atoms with Gasteiger partial charge in [-0.3, -0.25) is 0 Å². The van der Waals surface area contributed by atoms with Crippen molar-refractivity contribution in [1.29, 1.82) is 0 Å². The number of benzene rings is 2. The molecule has 0 aliphatic carbocycles. The lowest BCUT2D eigenvalue weighted by molar-refractivity contribution is 1.14. The second-order valence-corrected chi connectivity index (χ2v) is 5.83. The lowest BCUT2D eigenvalue weighted by Crippen LogP contribution is -2.13. The third-order valence-electron chi connectivity index (χ3n) is 2.62. The first-order valence-corrected chi connectivity index (χ1v) is 7.22. The maximum atomic E-state index is 5.95. The monoisotopic (exact) mass is 354 g/mol. The zero-order chi connectivity index (χ0) is 13.8. The minimum atomic E-state index is 0.333. The molecule has 0 aliphatic heterocycles. The number of rotatable bonds is 4. The Morgan fingerprint density at radius 1 is 1.26 bits per heavy atom. The molecular formula is C14H12BrClN2S. The topological polar surface area (TPSA) is 38.0 Å². The largest absolute Gasteiger partial charge is 0.389 e. The summed E-state index contributed by atoms with van der Waals surface area (Å²) in [7, 11) is 0. The van der Waals surface area contributed by atoms with Gasteiger partial charge in [0.2, 0.25) is 0 Å². The fraction of sp³-hybridized carbons (Fsp3) is 0.0714. The van der Waals surface area contributed by atoms with Gasteiger partial charge in [0.25, 0.3) is 0 Å². The molecule has 0 unspecified atom stereocenters. The predicted octanol–water partition coefficient (Wildman–Crippen LogP) is 4.35. The van der Waals surface area contributed by atoms with E-state index in [9.17, 15) is 0 Å². The molecule has 0 bridgehead atoms. The molecule has 19 heavy (non-hydrogen) atoms. The molecule has 0 saturated carbocycles. The highest BCUT2D eigenvalue weighted by Crippen LogP contribution is 2.21. The number of hydrogen-bond donors (Lipinski definition) is 2. The molecule has 5 heteroatoms. The van der Waals surface area contributed by atoms with Gasteiger partial charge in [-0.05, 0) is 35.9 Å². The number of nitrogens with two attached hydrogens (primary N) is 1. The van der Waals surface area contributed by atoms with E-state index in [2.05, 4.69) is 27.3 Å². The van der Waals surface area contributed by atoms with Crippen LogP contribution in [0.4, 0.5) is 5.69 Å². The van der Waals surface area contributed by atoms with Crippen LogP contribution in [0.25, 0.3) is 0 Å². The maximum Gasteiger partial charge on any atom is 0.106 e. The second-order valence-electron chi connectivity index (χ2n) is 4.04. The molecule has 0 spiro atoms. The van der Waals surface area contributed by atoms with Crippen molar-refractivity contribution in [3.63, 3.8) is 0 Å². The molecule has 0 radical (unpaired) electrons. The van der Waals surface area contributed by atoms with Crippen LogP contribution in [-0.2, 0) is 6.54 Å². The Hall–Kier alpha value is -1.10. The van der Waals surface area contributed by atoms with E-state index in [1.165, 1.54) is 5.56 Å². The van der Waals surface area contributed by atoms with Crippen LogP contribution in [0.2, 0.25) is 5.02 Å².